The summed E-state index contributed by atoms with van der Waals surface area (Å²) in [5.74, 6) is -2.43. The Hall–Kier alpha value is -5.44. The first-order valence-corrected chi connectivity index (χ1v) is 32.7. The maximum atomic E-state index is 13.4. The number of fused-ring (bicyclic) bond motifs is 4. The van der Waals surface area contributed by atoms with Gasteiger partial charge in [-0.15, -0.1) is 0 Å². The zero-order chi connectivity index (χ0) is 53.2. The highest BCUT2D eigenvalue weighted by molar-refractivity contribution is 7.88. The number of alkyl halides is 6. The lowest BCUT2D eigenvalue weighted by molar-refractivity contribution is -0.0505. The largest absolute Gasteiger partial charge is 0.534 e. The van der Waals surface area contributed by atoms with Gasteiger partial charge in [0.05, 0.1) is 25.3 Å². The third-order valence-electron chi connectivity index (χ3n) is 12.2. The number of hydrogen-bond acceptors (Lipinski definition) is 10. The fraction of sp³-hybridized carbons (Fsp3) is 0.0870. The minimum atomic E-state index is -6.22. The Morgan fingerprint density at radius 1 is 0.389 bits per heavy atom. The van der Waals surface area contributed by atoms with Gasteiger partial charge in [-0.25, -0.2) is 9.59 Å². The number of benzene rings is 8. The number of hydrogen-bond donors (Lipinski definition) is 0. The minimum Gasteiger partial charge on any atom is -0.465 e. The molecular weight excluding hydrogens is 1120 g/mol. The summed E-state index contributed by atoms with van der Waals surface area (Å²) in [6, 6.07) is 28.6. The van der Waals surface area contributed by atoms with Gasteiger partial charge in [-0.3, -0.25) is 0 Å². The van der Waals surface area contributed by atoms with Gasteiger partial charge in [0.25, 0.3) is 0 Å². The molecule has 0 bridgehead atoms. The second-order valence-electron chi connectivity index (χ2n) is 17.5. The lowest BCUT2D eigenvalue weighted by Crippen LogP contribution is -2.29. The quantitative estimate of drug-likeness (QED) is 0.0480. The van der Waals surface area contributed by atoms with E-state index in [1.807, 2.05) is 12.1 Å². The van der Waals surface area contributed by atoms with Gasteiger partial charge < -0.3 is 17.8 Å². The third kappa shape index (κ3) is 10.4. The van der Waals surface area contributed by atoms with Crippen molar-refractivity contribution in [1.29, 1.82) is 0 Å². The minimum absolute atomic E-state index is 0.158. The van der Waals surface area contributed by atoms with E-state index in [1.165, 1.54) is 36.7 Å². The molecule has 8 aromatic carbocycles. The molecule has 0 heterocycles. The van der Waals surface area contributed by atoms with Crippen LogP contribution < -0.4 is 49.9 Å². The van der Waals surface area contributed by atoms with Crippen LogP contribution in [0.2, 0.25) is 0 Å². The Morgan fingerprint density at radius 2 is 0.639 bits per heavy atom. The van der Waals surface area contributed by atoms with Gasteiger partial charge in [0, 0.05) is 104 Å². The molecule has 0 fully saturated rings. The van der Waals surface area contributed by atoms with Crippen molar-refractivity contribution < 1.29 is 70.6 Å². The van der Waals surface area contributed by atoms with Crippen molar-refractivity contribution in [3.63, 3.8) is 0 Å². The summed E-state index contributed by atoms with van der Waals surface area (Å²) in [6.07, 6.45) is 0. The van der Waals surface area contributed by atoms with Gasteiger partial charge in [0.15, 0.2) is 11.5 Å². The number of carbonyl (C=O) groups is 2. The summed E-state index contributed by atoms with van der Waals surface area (Å²) in [6.45, 7) is 0. The molecule has 72 heavy (non-hydrogen) atoms. The molecule has 0 saturated heterocycles. The molecule has 26 heteroatoms. The van der Waals surface area contributed by atoms with E-state index < -0.39 is 54.7 Å². The fourth-order valence-electron chi connectivity index (χ4n) is 8.85. The molecule has 0 atom stereocenters. The average molecular weight is 1160 g/mol. The van der Waals surface area contributed by atoms with E-state index in [0.29, 0.717) is 52.8 Å². The van der Waals surface area contributed by atoms with Crippen LogP contribution in [0.15, 0.2) is 97.1 Å². The number of halogens is 6. The van der Waals surface area contributed by atoms with Crippen molar-refractivity contribution in [2.45, 2.75) is 11.0 Å². The molecular formula is C46H46F6O10S2Si8. The molecule has 0 spiro atoms. The smallest absolute Gasteiger partial charge is 0.465 e. The van der Waals surface area contributed by atoms with Crippen LogP contribution in [0, 0.1) is 0 Å². The van der Waals surface area contributed by atoms with Crippen molar-refractivity contribution in [3.8, 4) is 33.8 Å². The first-order valence-electron chi connectivity index (χ1n) is 21.8. The van der Waals surface area contributed by atoms with Crippen LogP contribution in [-0.2, 0) is 29.7 Å². The number of esters is 2. The summed E-state index contributed by atoms with van der Waals surface area (Å²) in [5.41, 5.74) is -9.82. The van der Waals surface area contributed by atoms with Gasteiger partial charge >= 0.3 is 43.2 Å². The first-order chi connectivity index (χ1) is 33.5. The Kier molecular flexibility index (Phi) is 15.2. The predicted octanol–water partition coefficient (Wildman–Crippen LogP) is -4.72. The van der Waals surface area contributed by atoms with Crippen LogP contribution in [0.4, 0.5) is 26.3 Å². The second-order valence-corrected chi connectivity index (χ2v) is 29.5. The van der Waals surface area contributed by atoms with Crippen molar-refractivity contribution in [2.24, 2.45) is 0 Å². The first kappa shape index (κ1) is 54.3. The molecule has 376 valence electrons. The molecule has 0 amide bonds. The molecule has 0 unspecified atom stereocenters. The average Bonchev–Trinajstić information content (AvgIpc) is 3.29. The highest BCUT2D eigenvalue weighted by Gasteiger charge is 2.50. The van der Waals surface area contributed by atoms with E-state index in [9.17, 15) is 52.8 Å². The SMILES string of the molecule is COC(=O)c1cc([SiH3])c2cc([SiH3])ccc2c1-c1c(C(=O)OC)cc([SiH3])c2cc([SiH3])ccc12.O=S(=O)(Oc1cc([SiH3])c2cc([SiH3])ccc2c1-c1c(OS(=O)(=O)C(F)(F)F)cc([SiH3])c2cc([SiH3])ccc12)C(F)(F)F. The second kappa shape index (κ2) is 20.1. The highest BCUT2D eigenvalue weighted by atomic mass is 32.2. The lowest BCUT2D eigenvalue weighted by Gasteiger charge is -2.22. The van der Waals surface area contributed by atoms with Gasteiger partial charge in [-0.05, 0) is 67.4 Å². The molecule has 0 N–H and O–H groups in total. The Morgan fingerprint density at radius 3 is 0.889 bits per heavy atom. The van der Waals surface area contributed by atoms with Gasteiger partial charge in [0.1, 0.15) is 0 Å². The summed E-state index contributed by atoms with van der Waals surface area (Å²) in [7, 11) is -4.52. The van der Waals surface area contributed by atoms with Crippen molar-refractivity contribution in [2.75, 3.05) is 14.2 Å². The lowest BCUT2D eigenvalue weighted by atomic mass is 9.87. The van der Waals surface area contributed by atoms with Crippen LogP contribution in [-0.4, -0.2) is 136 Å². The monoisotopic (exact) mass is 1160 g/mol. The Labute approximate surface area is 433 Å². The maximum Gasteiger partial charge on any atom is 0.534 e. The molecule has 0 saturated carbocycles. The number of methoxy groups -OCH3 is 2. The Bertz CT molecular complexity index is 3590. The van der Waals surface area contributed by atoms with Crippen LogP contribution in [0.25, 0.3) is 65.3 Å². The fourth-order valence-corrected chi connectivity index (χ4v) is 14.4. The van der Waals surface area contributed by atoms with E-state index in [4.69, 9.17) is 9.47 Å². The van der Waals surface area contributed by atoms with E-state index in [1.54, 1.807) is 24.3 Å². The van der Waals surface area contributed by atoms with E-state index >= 15 is 0 Å². The number of carbonyl (C=O) groups excluding carboxylic acids is 2. The standard InChI is InChI=1S/C24H26O4Si4.C22H20F6O6S2Si4/c1-27-23(25)17-9-19(31)15-7-11(29)3-5-13(15)21(17)22-14-6-4-12(30)8-16(14)20(32)10-18(22)24(26)28-2;23-21(24,25)35(29,30)33-15-7-17(39)13-5-9(37)1-3-11(13)19(15)20-12-4-2-10(38)6-14(12)18(40)8-16(20)34-36(31,32)22(26,27)28/h3-10H,1-2,29-32H3;1-8H,37-40H3. The molecule has 10 nitrogen and oxygen atoms in total. The van der Waals surface area contributed by atoms with Crippen LogP contribution >= 0.6 is 0 Å². The highest BCUT2D eigenvalue weighted by Crippen LogP contribution is 2.47. The molecule has 8 rings (SSSR count). The number of ether oxygens (including phenoxy) is 2. The zero-order valence-electron chi connectivity index (χ0n) is 40.4. The van der Waals surface area contributed by atoms with Gasteiger partial charge in [-0.1, -0.05) is 114 Å². The summed E-state index contributed by atoms with van der Waals surface area (Å²) in [5, 5.41) is 13.1. The van der Waals surface area contributed by atoms with Crippen molar-refractivity contribution >= 4 is 199 Å². The van der Waals surface area contributed by atoms with Crippen LogP contribution in [0.1, 0.15) is 20.7 Å². The maximum absolute atomic E-state index is 13.4. The van der Waals surface area contributed by atoms with Crippen LogP contribution in [0.5, 0.6) is 11.5 Å². The van der Waals surface area contributed by atoms with E-state index in [2.05, 4.69) is 44.8 Å². The number of rotatable bonds is 8. The molecule has 0 aromatic heterocycles. The van der Waals surface area contributed by atoms with Gasteiger partial charge in [-0.2, -0.15) is 43.2 Å². The van der Waals surface area contributed by atoms with Crippen LogP contribution in [0.3, 0.4) is 0 Å². The van der Waals surface area contributed by atoms with Gasteiger partial charge in [0.2, 0.25) is 0 Å². The molecule has 0 aliphatic rings. The van der Waals surface area contributed by atoms with Crippen molar-refractivity contribution in [1.82, 2.24) is 0 Å². The topological polar surface area (TPSA) is 139 Å². The normalized spacial score (nSPS) is 12.6. The Balaban J connectivity index is 0.000000216. The van der Waals surface area contributed by atoms with E-state index in [0.717, 1.165) is 107 Å². The molecule has 0 aliphatic heterocycles. The summed E-state index contributed by atoms with van der Waals surface area (Å²) < 4.78 is 148. The van der Waals surface area contributed by atoms with E-state index in [-0.39, 0.29) is 42.4 Å². The molecule has 0 aliphatic carbocycles. The summed E-state index contributed by atoms with van der Waals surface area (Å²) >= 11 is 0. The summed E-state index contributed by atoms with van der Waals surface area (Å²) in [4.78, 5) is 25.9. The zero-order valence-corrected chi connectivity index (χ0v) is 58.0. The third-order valence-corrected chi connectivity index (χ3v) is 19.9. The van der Waals surface area contributed by atoms with Crippen molar-refractivity contribution in [3.05, 3.63) is 108 Å². The predicted molar refractivity (Wildman–Crippen MR) is 304 cm³/mol. The molecule has 8 aromatic rings. The molecule has 0 radical (unpaired) electrons.